The number of aliphatic hydroxyl groups is 1. The van der Waals surface area contributed by atoms with E-state index in [1.807, 2.05) is 25.1 Å². The summed E-state index contributed by atoms with van der Waals surface area (Å²) in [5.74, 6) is 1.18. The zero-order valence-corrected chi connectivity index (χ0v) is 29.8. The number of carbonyl (C=O) groups excluding carboxylic acids is 1. The topological polar surface area (TPSA) is 114 Å². The predicted octanol–water partition coefficient (Wildman–Crippen LogP) is 5.70. The summed E-state index contributed by atoms with van der Waals surface area (Å²) in [7, 11) is -3.93. The smallest absolute Gasteiger partial charge is 0.264 e. The van der Waals surface area contributed by atoms with Gasteiger partial charge in [-0.1, -0.05) is 37.9 Å². The number of hydrogen-bond donors (Lipinski definition) is 2. The van der Waals surface area contributed by atoms with Gasteiger partial charge in [0, 0.05) is 35.0 Å². The first-order chi connectivity index (χ1) is 22.9. The number of amides is 1. The molecule has 7 rings (SSSR count). The number of fused-ring (bicyclic) bond motifs is 4. The molecule has 1 spiro atoms. The van der Waals surface area contributed by atoms with E-state index < -0.39 is 33.6 Å². The van der Waals surface area contributed by atoms with Crippen molar-refractivity contribution in [3.05, 3.63) is 58.1 Å². The molecule has 3 aliphatic heterocycles. The van der Waals surface area contributed by atoms with Crippen molar-refractivity contribution in [1.29, 1.82) is 0 Å². The summed E-state index contributed by atoms with van der Waals surface area (Å²) in [4.78, 5) is 16.0. The van der Waals surface area contributed by atoms with Crippen LogP contribution in [0.15, 0.2) is 36.4 Å². The van der Waals surface area contributed by atoms with E-state index >= 15 is 0 Å². The minimum Gasteiger partial charge on any atom is -0.490 e. The van der Waals surface area contributed by atoms with Gasteiger partial charge in [-0.15, -0.1) is 0 Å². The Kier molecular flexibility index (Phi) is 9.52. The molecule has 2 aliphatic carbocycles. The van der Waals surface area contributed by atoms with Gasteiger partial charge >= 0.3 is 0 Å². The average Bonchev–Trinajstić information content (AvgIpc) is 3.21. The summed E-state index contributed by atoms with van der Waals surface area (Å²) < 4.78 is 48.2. The van der Waals surface area contributed by atoms with Crippen LogP contribution in [0.1, 0.15) is 80.8 Å². The Hall–Kier alpha value is -2.37. The normalized spacial score (nSPS) is 36.9. The lowest BCUT2D eigenvalue weighted by Gasteiger charge is -2.52. The molecule has 2 bridgehead atoms. The van der Waals surface area contributed by atoms with E-state index in [1.165, 1.54) is 11.1 Å². The molecule has 2 aromatic carbocycles. The van der Waals surface area contributed by atoms with Gasteiger partial charge in [0.2, 0.25) is 10.0 Å². The third-order valence-corrected chi connectivity index (χ3v) is 14.3. The average molecular weight is 701 g/mol. The van der Waals surface area contributed by atoms with Crippen molar-refractivity contribution in [3.63, 3.8) is 0 Å². The number of aliphatic hydroxyl groups excluding tert-OH is 1. The van der Waals surface area contributed by atoms with E-state index in [9.17, 15) is 18.3 Å². The molecule has 1 amide bonds. The number of carbonyl (C=O) groups is 1. The molecule has 2 N–H and O–H groups in total. The number of hydrogen-bond acceptors (Lipinski definition) is 8. The molecule has 0 unspecified atom stereocenters. The van der Waals surface area contributed by atoms with E-state index in [-0.39, 0.29) is 30.5 Å². The second kappa shape index (κ2) is 13.4. The predicted molar refractivity (Wildman–Crippen MR) is 185 cm³/mol. The van der Waals surface area contributed by atoms with Gasteiger partial charge in [-0.2, -0.15) is 0 Å². The summed E-state index contributed by atoms with van der Waals surface area (Å²) in [5, 5.41) is 10.1. The number of aryl methyl sites for hydroxylation is 1. The molecular formula is C37H49ClN2O7S. The van der Waals surface area contributed by atoms with E-state index in [2.05, 4.69) is 28.7 Å². The van der Waals surface area contributed by atoms with Gasteiger partial charge in [0.1, 0.15) is 11.9 Å². The number of rotatable bonds is 1. The van der Waals surface area contributed by atoms with Gasteiger partial charge in [0.05, 0.1) is 30.8 Å². The lowest BCUT2D eigenvalue weighted by Crippen LogP contribution is -2.53. The van der Waals surface area contributed by atoms with Crippen LogP contribution in [0.2, 0.25) is 5.02 Å². The summed E-state index contributed by atoms with van der Waals surface area (Å²) in [6, 6.07) is 11.5. The van der Waals surface area contributed by atoms with Crippen molar-refractivity contribution in [2.45, 2.75) is 88.8 Å². The summed E-state index contributed by atoms with van der Waals surface area (Å²) in [5.41, 5.74) is 3.36. The fourth-order valence-corrected chi connectivity index (χ4v) is 10.6. The Morgan fingerprint density at radius 1 is 0.979 bits per heavy atom. The molecule has 2 aromatic rings. The maximum atomic E-state index is 13.6. The highest BCUT2D eigenvalue weighted by atomic mass is 35.5. The Morgan fingerprint density at radius 2 is 1.77 bits per heavy atom. The summed E-state index contributed by atoms with van der Waals surface area (Å²) in [6.45, 7) is 8.42. The Labute approximate surface area is 289 Å². The second-order valence-electron chi connectivity index (χ2n) is 15.3. The van der Waals surface area contributed by atoms with Crippen molar-refractivity contribution in [2.24, 2.45) is 29.6 Å². The van der Waals surface area contributed by atoms with Gasteiger partial charge in [0.15, 0.2) is 6.29 Å². The van der Waals surface area contributed by atoms with Crippen LogP contribution in [0.25, 0.3) is 0 Å². The zero-order valence-electron chi connectivity index (χ0n) is 28.2. The zero-order chi connectivity index (χ0) is 33.8. The molecule has 9 nitrogen and oxygen atoms in total. The molecule has 5 aliphatic rings. The molecule has 2 fully saturated rings. The molecule has 1 saturated heterocycles. The number of halogens is 1. The molecule has 0 aromatic heterocycles. The third-order valence-electron chi connectivity index (χ3n) is 12.2. The molecule has 1 saturated carbocycles. The van der Waals surface area contributed by atoms with Crippen LogP contribution in [0.4, 0.5) is 5.69 Å². The minimum atomic E-state index is -3.93. The highest BCUT2D eigenvalue weighted by Gasteiger charge is 2.49. The van der Waals surface area contributed by atoms with Gasteiger partial charge in [0.25, 0.3) is 5.91 Å². The number of benzene rings is 2. The molecule has 3 heterocycles. The maximum Gasteiger partial charge on any atom is 0.264 e. The van der Waals surface area contributed by atoms with Gasteiger partial charge in [-0.05, 0) is 111 Å². The van der Waals surface area contributed by atoms with Crippen LogP contribution in [0.5, 0.6) is 5.75 Å². The maximum absolute atomic E-state index is 13.6. The Balaban J connectivity index is 1.30. The minimum absolute atomic E-state index is 0.117. The number of nitrogens with one attached hydrogen (secondary N) is 1. The molecule has 48 heavy (non-hydrogen) atoms. The number of sulfonamides is 1. The number of anilines is 1. The van der Waals surface area contributed by atoms with Crippen molar-refractivity contribution >= 4 is 33.2 Å². The van der Waals surface area contributed by atoms with Crippen LogP contribution in [0.3, 0.4) is 0 Å². The van der Waals surface area contributed by atoms with Crippen molar-refractivity contribution in [1.82, 2.24) is 4.72 Å². The number of ether oxygens (including phenoxy) is 3. The van der Waals surface area contributed by atoms with E-state index in [0.717, 1.165) is 55.8 Å². The van der Waals surface area contributed by atoms with E-state index in [1.54, 1.807) is 13.0 Å². The molecule has 262 valence electrons. The number of nitrogens with zero attached hydrogens (tertiary/aromatic N) is 1. The van der Waals surface area contributed by atoms with E-state index in [0.29, 0.717) is 48.6 Å². The first kappa shape index (κ1) is 34.1. The third kappa shape index (κ3) is 6.48. The summed E-state index contributed by atoms with van der Waals surface area (Å²) >= 11 is 6.46. The van der Waals surface area contributed by atoms with Crippen LogP contribution < -0.4 is 14.4 Å². The fourth-order valence-electron chi connectivity index (χ4n) is 9.13. The largest absolute Gasteiger partial charge is 0.490 e. The lowest BCUT2D eigenvalue weighted by molar-refractivity contribution is -0.254. The Bertz CT molecular complexity index is 1630. The molecule has 11 heteroatoms. The van der Waals surface area contributed by atoms with Crippen LogP contribution in [0, 0.1) is 29.6 Å². The van der Waals surface area contributed by atoms with Crippen LogP contribution in [-0.2, 0) is 31.3 Å². The van der Waals surface area contributed by atoms with Gasteiger partial charge in [-0.3, -0.25) is 4.79 Å². The monoisotopic (exact) mass is 700 g/mol. The van der Waals surface area contributed by atoms with Gasteiger partial charge < -0.3 is 24.2 Å². The highest BCUT2D eigenvalue weighted by molar-refractivity contribution is 7.90. The first-order valence-corrected chi connectivity index (χ1v) is 19.6. The fraction of sp³-hybridized carbons (Fsp3) is 0.649. The van der Waals surface area contributed by atoms with E-state index in [4.69, 9.17) is 25.8 Å². The van der Waals surface area contributed by atoms with Crippen LogP contribution in [-0.4, -0.2) is 70.0 Å². The second-order valence-corrected chi connectivity index (χ2v) is 17.7. The molecule has 7 atom stereocenters. The summed E-state index contributed by atoms with van der Waals surface area (Å²) in [6.07, 6.45) is 5.32. The molecule has 0 radical (unpaired) electrons. The highest BCUT2D eigenvalue weighted by Crippen LogP contribution is 2.51. The lowest BCUT2D eigenvalue weighted by atomic mass is 9.59. The first-order valence-electron chi connectivity index (χ1n) is 17.7. The van der Waals surface area contributed by atoms with Crippen molar-refractivity contribution in [2.75, 3.05) is 37.8 Å². The molecular weight excluding hydrogens is 652 g/mol. The van der Waals surface area contributed by atoms with Crippen LogP contribution >= 0.6 is 11.6 Å². The van der Waals surface area contributed by atoms with Crippen molar-refractivity contribution in [3.8, 4) is 5.75 Å². The standard InChI is InChI=1S/C37H49ClN2O7S/c1-22-6-4-8-29(36-45-18-28(41)19-46-36)30-14-23(2)31(30)17-40-20-37(13-5-7-25-15-27(38)10-11-32(25)37)21-47-34-12-9-26(16-33(34)40)35(42)39-48(43,44)24(22)3/h9-12,15-16,22-24,28-31,36,41H,4-8,13-14,17-21H2,1-3H3,(H,39,42)/t22-,23+,24+,28-,29-,30-,31+,36-,37-/m0/s1. The van der Waals surface area contributed by atoms with Gasteiger partial charge in [-0.25, -0.2) is 13.1 Å². The quantitative estimate of drug-likeness (QED) is 0.390. The SMILES string of the molecule is C[C@@H]1C[C@@H]2[C@@H]1CN1C[C@@]3(CCCc4cc(Cl)ccc43)COc3ccc(cc31)C(=O)NS(=O)(=O)[C@H](C)[C@@H](C)CCC[C@@H]2[C@H]1OC[C@H](O)CO1. The Morgan fingerprint density at radius 3 is 2.54 bits per heavy atom. The van der Waals surface area contributed by atoms with Crippen molar-refractivity contribution < 1.29 is 32.5 Å².